The van der Waals surface area contributed by atoms with Crippen LogP contribution in [0.25, 0.3) is 5.57 Å². The van der Waals surface area contributed by atoms with Gasteiger partial charge < -0.3 is 0 Å². The average Bonchev–Trinajstić information content (AvgIpc) is 2.87. The lowest BCUT2D eigenvalue weighted by molar-refractivity contribution is -0.0689. The summed E-state index contributed by atoms with van der Waals surface area (Å²) in [5.41, 5.74) is -0.648. The van der Waals surface area contributed by atoms with Gasteiger partial charge in [-0.15, -0.1) is 11.3 Å². The first kappa shape index (κ1) is 18.3. The molecule has 1 heterocycles. The van der Waals surface area contributed by atoms with Crippen LogP contribution in [0.5, 0.6) is 0 Å². The van der Waals surface area contributed by atoms with Crippen molar-refractivity contribution in [3.05, 3.63) is 60.7 Å². The lowest BCUT2D eigenvalue weighted by Gasteiger charge is -2.13. The number of carbonyl (C=O) groups excluding carboxylic acids is 1. The SMILES string of the molecule is Cc1csc(C(=O)C=C(c2cc(Cl)c(Cl)c(Cl)c2)C(F)(F)F)c1. The van der Waals surface area contributed by atoms with E-state index >= 15 is 0 Å². The molecule has 0 bridgehead atoms. The van der Waals surface area contributed by atoms with Crippen molar-refractivity contribution in [1.29, 1.82) is 0 Å². The molecule has 0 fully saturated rings. The molecule has 0 saturated carbocycles. The third kappa shape index (κ3) is 4.29. The van der Waals surface area contributed by atoms with Crippen molar-refractivity contribution in [2.45, 2.75) is 13.1 Å². The number of hydrogen-bond donors (Lipinski definition) is 0. The van der Waals surface area contributed by atoms with Crippen molar-refractivity contribution in [2.24, 2.45) is 0 Å². The molecular formula is C15H8Cl3F3OS. The highest BCUT2D eigenvalue weighted by molar-refractivity contribution is 7.12. The zero-order valence-corrected chi connectivity index (χ0v) is 14.6. The second-order valence-electron chi connectivity index (χ2n) is 4.66. The molecule has 0 aliphatic heterocycles. The normalized spacial score (nSPS) is 12.6. The Morgan fingerprint density at radius 2 is 1.70 bits per heavy atom. The van der Waals surface area contributed by atoms with E-state index in [0.29, 0.717) is 6.08 Å². The fraction of sp³-hybridized carbons (Fsp3) is 0.133. The summed E-state index contributed by atoms with van der Waals surface area (Å²) >= 11 is 18.4. The van der Waals surface area contributed by atoms with E-state index in [1.54, 1.807) is 12.3 Å². The molecule has 1 nitrogen and oxygen atoms in total. The van der Waals surface area contributed by atoms with Gasteiger partial charge in [-0.05, 0) is 47.7 Å². The Labute approximate surface area is 149 Å². The summed E-state index contributed by atoms with van der Waals surface area (Å²) in [4.78, 5) is 12.3. The molecule has 122 valence electrons. The average molecular weight is 400 g/mol. The Kier molecular flexibility index (Phi) is 5.46. The van der Waals surface area contributed by atoms with Crippen molar-refractivity contribution in [3.63, 3.8) is 0 Å². The van der Waals surface area contributed by atoms with Gasteiger partial charge in [0, 0.05) is 0 Å². The van der Waals surface area contributed by atoms with E-state index in [1.165, 1.54) is 6.07 Å². The summed E-state index contributed by atoms with van der Waals surface area (Å²) in [6.07, 6.45) is -4.20. The fourth-order valence-electron chi connectivity index (χ4n) is 1.80. The van der Waals surface area contributed by atoms with Crippen molar-refractivity contribution < 1.29 is 18.0 Å². The van der Waals surface area contributed by atoms with E-state index in [4.69, 9.17) is 34.8 Å². The molecule has 0 aliphatic carbocycles. The first-order valence-electron chi connectivity index (χ1n) is 6.13. The number of alkyl halides is 3. The van der Waals surface area contributed by atoms with Gasteiger partial charge >= 0.3 is 6.18 Å². The van der Waals surface area contributed by atoms with Crippen molar-refractivity contribution in [2.75, 3.05) is 0 Å². The number of benzene rings is 1. The number of rotatable bonds is 3. The molecule has 23 heavy (non-hydrogen) atoms. The molecule has 1 aromatic heterocycles. The summed E-state index contributed by atoms with van der Waals surface area (Å²) < 4.78 is 39.9. The van der Waals surface area contributed by atoms with Gasteiger partial charge in [0.05, 0.1) is 25.5 Å². The zero-order chi connectivity index (χ0) is 17.4. The van der Waals surface area contributed by atoms with E-state index < -0.39 is 17.5 Å². The predicted octanol–water partition coefficient (Wildman–Crippen LogP) is 6.85. The molecule has 0 N–H and O–H groups in total. The van der Waals surface area contributed by atoms with E-state index in [2.05, 4.69) is 0 Å². The largest absolute Gasteiger partial charge is 0.417 e. The minimum Gasteiger partial charge on any atom is -0.288 e. The topological polar surface area (TPSA) is 17.1 Å². The van der Waals surface area contributed by atoms with Crippen molar-refractivity contribution in [1.82, 2.24) is 0 Å². The van der Waals surface area contributed by atoms with Crippen LogP contribution in [0.1, 0.15) is 20.8 Å². The first-order valence-corrected chi connectivity index (χ1v) is 8.14. The van der Waals surface area contributed by atoms with Crippen molar-refractivity contribution in [3.8, 4) is 0 Å². The predicted molar refractivity (Wildman–Crippen MR) is 88.9 cm³/mol. The van der Waals surface area contributed by atoms with Crippen molar-refractivity contribution >= 4 is 57.5 Å². The summed E-state index contributed by atoms with van der Waals surface area (Å²) in [5, 5.41) is 1.40. The number of allylic oxidation sites excluding steroid dienone is 2. The van der Waals surface area contributed by atoms with E-state index in [0.717, 1.165) is 29.0 Å². The van der Waals surface area contributed by atoms with E-state index in [-0.39, 0.29) is 25.5 Å². The molecule has 8 heteroatoms. The lowest BCUT2D eigenvalue weighted by atomic mass is 10.0. The molecule has 0 unspecified atom stereocenters. The van der Waals surface area contributed by atoms with Gasteiger partial charge in [-0.2, -0.15) is 13.2 Å². The monoisotopic (exact) mass is 398 g/mol. The highest BCUT2D eigenvalue weighted by Gasteiger charge is 2.36. The molecule has 1 aromatic carbocycles. The quantitative estimate of drug-likeness (QED) is 0.313. The second-order valence-corrected chi connectivity index (χ2v) is 6.77. The minimum atomic E-state index is -4.75. The maximum absolute atomic E-state index is 13.3. The number of halogens is 6. The highest BCUT2D eigenvalue weighted by atomic mass is 35.5. The Hall–Kier alpha value is -1.01. The van der Waals surface area contributed by atoms with Crippen LogP contribution in [-0.2, 0) is 0 Å². The fourth-order valence-corrected chi connectivity index (χ4v) is 3.21. The van der Waals surface area contributed by atoms with E-state index in [1.807, 2.05) is 0 Å². The Morgan fingerprint density at radius 3 is 2.13 bits per heavy atom. The standard InChI is InChI=1S/C15H8Cl3F3OS/c1-7-2-13(23-6-7)12(22)5-9(15(19,20)21)8-3-10(16)14(18)11(17)4-8/h2-6H,1H3. The maximum Gasteiger partial charge on any atom is 0.417 e. The number of aryl methyl sites for hydroxylation is 1. The van der Waals surface area contributed by atoms with Gasteiger partial charge in [-0.3, -0.25) is 4.79 Å². The highest BCUT2D eigenvalue weighted by Crippen LogP contribution is 2.39. The smallest absolute Gasteiger partial charge is 0.288 e. The number of carbonyl (C=O) groups is 1. The molecule has 0 spiro atoms. The summed E-state index contributed by atoms with van der Waals surface area (Å²) in [7, 11) is 0. The van der Waals surface area contributed by atoms with Crippen LogP contribution in [0.2, 0.25) is 15.1 Å². The third-order valence-corrected chi connectivity index (χ3v) is 5.11. The van der Waals surface area contributed by atoms with Gasteiger partial charge in [0.2, 0.25) is 0 Å². The molecule has 0 saturated heterocycles. The molecule has 2 rings (SSSR count). The Balaban J connectivity index is 2.54. The molecule has 0 atom stereocenters. The molecule has 0 amide bonds. The minimum absolute atomic E-state index is 0.0428. The van der Waals surface area contributed by atoms with Gasteiger partial charge in [-0.1, -0.05) is 34.8 Å². The van der Waals surface area contributed by atoms with Crippen LogP contribution in [0, 0.1) is 6.92 Å². The third-order valence-electron chi connectivity index (χ3n) is 2.85. The van der Waals surface area contributed by atoms with Gasteiger partial charge in [0.15, 0.2) is 5.78 Å². The molecule has 0 aliphatic rings. The van der Waals surface area contributed by atoms with Gasteiger partial charge in [-0.25, -0.2) is 0 Å². The molecule has 0 radical (unpaired) electrons. The Morgan fingerprint density at radius 1 is 1.13 bits per heavy atom. The van der Waals surface area contributed by atoms with E-state index in [9.17, 15) is 18.0 Å². The first-order chi connectivity index (χ1) is 10.6. The summed E-state index contributed by atoms with van der Waals surface area (Å²) in [6.45, 7) is 1.75. The number of thiophene rings is 1. The van der Waals surface area contributed by atoms with Crippen LogP contribution in [0.3, 0.4) is 0 Å². The van der Waals surface area contributed by atoms with Gasteiger partial charge in [0.25, 0.3) is 0 Å². The van der Waals surface area contributed by atoms with Crippen LogP contribution in [0.15, 0.2) is 29.7 Å². The zero-order valence-electron chi connectivity index (χ0n) is 11.5. The van der Waals surface area contributed by atoms with Crippen LogP contribution >= 0.6 is 46.1 Å². The maximum atomic E-state index is 13.3. The molecule has 2 aromatic rings. The van der Waals surface area contributed by atoms with Gasteiger partial charge in [0.1, 0.15) is 0 Å². The van der Waals surface area contributed by atoms with Crippen LogP contribution in [0.4, 0.5) is 13.2 Å². The summed E-state index contributed by atoms with van der Waals surface area (Å²) in [6, 6.07) is 3.59. The molecular weight excluding hydrogens is 392 g/mol. The number of hydrogen-bond acceptors (Lipinski definition) is 2. The van der Waals surface area contributed by atoms with Crippen LogP contribution < -0.4 is 0 Å². The lowest BCUT2D eigenvalue weighted by Crippen LogP contribution is -2.12. The Bertz CT molecular complexity index is 771. The summed E-state index contributed by atoms with van der Waals surface area (Å²) in [5.74, 6) is -0.738. The number of ketones is 1. The van der Waals surface area contributed by atoms with Crippen LogP contribution in [-0.4, -0.2) is 12.0 Å². The second kappa shape index (κ2) is 6.85.